The van der Waals surface area contributed by atoms with Crippen LogP contribution in [-0.2, 0) is 17.8 Å². The molecular weight excluding hydrogens is 374 g/mol. The molecule has 1 aromatic carbocycles. The van der Waals surface area contributed by atoms with Crippen molar-refractivity contribution in [1.82, 2.24) is 25.4 Å². The Morgan fingerprint density at radius 1 is 1.21 bits per heavy atom. The predicted molar refractivity (Wildman–Crippen MR) is 105 cm³/mol. The molecule has 3 aromatic rings. The van der Waals surface area contributed by atoms with Crippen molar-refractivity contribution in [2.45, 2.75) is 39.3 Å². The van der Waals surface area contributed by atoms with Gasteiger partial charge in [0.1, 0.15) is 17.1 Å². The van der Waals surface area contributed by atoms with Crippen LogP contribution < -0.4 is 15.6 Å². The Labute approximate surface area is 167 Å². The monoisotopic (exact) mass is 397 g/mol. The van der Waals surface area contributed by atoms with Crippen LogP contribution in [0.5, 0.6) is 5.75 Å². The van der Waals surface area contributed by atoms with E-state index in [1.165, 1.54) is 10.7 Å². The Morgan fingerprint density at radius 2 is 1.97 bits per heavy atom. The minimum absolute atomic E-state index is 0.0695. The summed E-state index contributed by atoms with van der Waals surface area (Å²) in [7, 11) is 1.60. The lowest BCUT2D eigenvalue weighted by Gasteiger charge is -2.18. The van der Waals surface area contributed by atoms with E-state index in [9.17, 15) is 9.59 Å². The van der Waals surface area contributed by atoms with Gasteiger partial charge in [0.2, 0.25) is 5.91 Å². The molecule has 0 saturated heterocycles. The summed E-state index contributed by atoms with van der Waals surface area (Å²) in [6.07, 6.45) is 0.711. The van der Waals surface area contributed by atoms with E-state index in [1.807, 2.05) is 31.2 Å². The van der Waals surface area contributed by atoms with Gasteiger partial charge in [-0.3, -0.25) is 9.59 Å². The van der Waals surface area contributed by atoms with Gasteiger partial charge in [0.25, 0.3) is 5.56 Å². The molecule has 3 rings (SSSR count). The number of methoxy groups -OCH3 is 1. The van der Waals surface area contributed by atoms with Crippen molar-refractivity contribution in [3.63, 3.8) is 0 Å². The third kappa shape index (κ3) is 5.07. The highest BCUT2D eigenvalue weighted by Gasteiger charge is 2.16. The van der Waals surface area contributed by atoms with Crippen LogP contribution in [0.1, 0.15) is 24.7 Å². The van der Waals surface area contributed by atoms with Crippen molar-refractivity contribution in [3.8, 4) is 17.0 Å². The summed E-state index contributed by atoms with van der Waals surface area (Å²) in [5.74, 6) is 0.531. The number of nitrogens with zero attached hydrogens (tertiary/aromatic N) is 4. The molecule has 0 aliphatic heterocycles. The van der Waals surface area contributed by atoms with Crippen LogP contribution >= 0.6 is 0 Å². The fourth-order valence-corrected chi connectivity index (χ4v) is 2.82. The lowest BCUT2D eigenvalue weighted by Crippen LogP contribution is -2.41. The molecule has 9 nitrogen and oxygen atoms in total. The van der Waals surface area contributed by atoms with E-state index in [2.05, 4.69) is 25.4 Å². The van der Waals surface area contributed by atoms with Gasteiger partial charge < -0.3 is 10.1 Å². The SMILES string of the molecule is CC[C@H](Cn1nc(-c2ccc(OC)cc2)ccc1=O)NC(=O)Cc1nonc1C. The van der Waals surface area contributed by atoms with Crippen molar-refractivity contribution >= 4 is 5.91 Å². The largest absolute Gasteiger partial charge is 0.497 e. The quantitative estimate of drug-likeness (QED) is 0.616. The average molecular weight is 397 g/mol. The molecule has 0 spiro atoms. The maximum Gasteiger partial charge on any atom is 0.266 e. The number of benzene rings is 1. The van der Waals surface area contributed by atoms with Crippen LogP contribution in [0.3, 0.4) is 0 Å². The van der Waals surface area contributed by atoms with Crippen molar-refractivity contribution in [1.29, 1.82) is 0 Å². The standard InChI is InChI=1S/C20H23N5O4/c1-4-15(21-19(26)11-18-13(2)23-29-24-18)12-25-20(27)10-9-17(22-25)14-5-7-16(28-3)8-6-14/h5-10,15H,4,11-12H2,1-3H3,(H,21,26)/t15-/m1/s1. The fourth-order valence-electron chi connectivity index (χ4n) is 2.82. The van der Waals surface area contributed by atoms with E-state index in [1.54, 1.807) is 20.1 Å². The Hall–Kier alpha value is -3.49. The number of carbonyl (C=O) groups excluding carboxylic acids is 1. The lowest BCUT2D eigenvalue weighted by molar-refractivity contribution is -0.121. The molecule has 2 heterocycles. The number of aryl methyl sites for hydroxylation is 1. The lowest BCUT2D eigenvalue weighted by atomic mass is 10.1. The van der Waals surface area contributed by atoms with Gasteiger partial charge in [0.05, 0.1) is 25.8 Å². The first-order valence-electron chi connectivity index (χ1n) is 9.30. The highest BCUT2D eigenvalue weighted by atomic mass is 16.6. The number of ether oxygens (including phenoxy) is 1. The Bertz CT molecular complexity index is 1030. The molecule has 0 fully saturated rings. The van der Waals surface area contributed by atoms with Gasteiger partial charge in [-0.15, -0.1) is 0 Å². The summed E-state index contributed by atoms with van der Waals surface area (Å²) in [5, 5.41) is 14.8. The first-order chi connectivity index (χ1) is 14.0. The predicted octanol–water partition coefficient (Wildman–Crippen LogP) is 1.75. The minimum atomic E-state index is -0.251. The zero-order valence-electron chi connectivity index (χ0n) is 16.6. The van der Waals surface area contributed by atoms with Crippen LogP contribution in [0.15, 0.2) is 45.8 Å². The maximum atomic E-state index is 12.3. The van der Waals surface area contributed by atoms with Gasteiger partial charge in [-0.2, -0.15) is 5.10 Å². The summed E-state index contributed by atoms with van der Waals surface area (Å²) >= 11 is 0. The highest BCUT2D eigenvalue weighted by Crippen LogP contribution is 2.19. The number of amides is 1. The molecule has 0 bridgehead atoms. The van der Waals surface area contributed by atoms with Crippen molar-refractivity contribution < 1.29 is 14.2 Å². The molecule has 1 atom stereocenters. The van der Waals surface area contributed by atoms with Crippen LogP contribution in [0.2, 0.25) is 0 Å². The number of hydrogen-bond acceptors (Lipinski definition) is 7. The molecule has 0 aliphatic rings. The Morgan fingerprint density at radius 3 is 2.59 bits per heavy atom. The molecule has 29 heavy (non-hydrogen) atoms. The molecule has 2 aromatic heterocycles. The average Bonchev–Trinajstić information content (AvgIpc) is 3.13. The molecule has 9 heteroatoms. The number of nitrogens with one attached hydrogen (secondary N) is 1. The van der Waals surface area contributed by atoms with Crippen LogP contribution in [0, 0.1) is 6.92 Å². The smallest absolute Gasteiger partial charge is 0.266 e. The molecule has 152 valence electrons. The Balaban J connectivity index is 1.72. The number of carbonyl (C=O) groups is 1. The normalized spacial score (nSPS) is 11.8. The van der Waals surface area contributed by atoms with Crippen molar-refractivity contribution in [2.24, 2.45) is 0 Å². The van der Waals surface area contributed by atoms with Crippen LogP contribution in [0.4, 0.5) is 0 Å². The molecular formula is C20H23N5O4. The second kappa shape index (κ2) is 9.13. The van der Waals surface area contributed by atoms with Crippen LogP contribution in [0.25, 0.3) is 11.3 Å². The highest BCUT2D eigenvalue weighted by molar-refractivity contribution is 5.78. The zero-order valence-corrected chi connectivity index (χ0v) is 16.6. The van der Waals surface area contributed by atoms with Gasteiger partial charge in [-0.1, -0.05) is 17.2 Å². The third-order valence-corrected chi connectivity index (χ3v) is 4.58. The van der Waals surface area contributed by atoms with E-state index < -0.39 is 0 Å². The molecule has 1 N–H and O–H groups in total. The van der Waals surface area contributed by atoms with Crippen LogP contribution in [-0.4, -0.2) is 39.2 Å². The van der Waals surface area contributed by atoms with Gasteiger partial charge in [-0.05, 0) is 43.7 Å². The van der Waals surface area contributed by atoms with E-state index in [4.69, 9.17) is 4.74 Å². The van der Waals surface area contributed by atoms with E-state index in [0.29, 0.717) is 23.5 Å². The van der Waals surface area contributed by atoms with Gasteiger partial charge in [-0.25, -0.2) is 9.31 Å². The summed E-state index contributed by atoms with van der Waals surface area (Å²) < 4.78 is 11.2. The summed E-state index contributed by atoms with van der Waals surface area (Å²) in [6.45, 7) is 3.93. The Kier molecular flexibility index (Phi) is 6.38. The topological polar surface area (TPSA) is 112 Å². The van der Waals surface area contributed by atoms with E-state index >= 15 is 0 Å². The molecule has 0 unspecified atom stereocenters. The molecule has 0 radical (unpaired) electrons. The first-order valence-corrected chi connectivity index (χ1v) is 9.30. The molecule has 1 amide bonds. The number of aromatic nitrogens is 4. The summed E-state index contributed by atoms with van der Waals surface area (Å²) in [6, 6.07) is 10.3. The van der Waals surface area contributed by atoms with Crippen molar-refractivity contribution in [2.75, 3.05) is 7.11 Å². The van der Waals surface area contributed by atoms with E-state index in [0.717, 1.165) is 11.3 Å². The molecule has 0 saturated carbocycles. The van der Waals surface area contributed by atoms with E-state index in [-0.39, 0.29) is 30.5 Å². The van der Waals surface area contributed by atoms with Gasteiger partial charge >= 0.3 is 0 Å². The third-order valence-electron chi connectivity index (χ3n) is 4.58. The number of rotatable bonds is 8. The summed E-state index contributed by atoms with van der Waals surface area (Å²) in [4.78, 5) is 24.6. The zero-order chi connectivity index (χ0) is 20.8. The maximum absolute atomic E-state index is 12.3. The summed E-state index contributed by atoms with van der Waals surface area (Å²) in [5.41, 5.74) is 2.38. The van der Waals surface area contributed by atoms with Gasteiger partial charge in [0, 0.05) is 17.7 Å². The van der Waals surface area contributed by atoms with Gasteiger partial charge in [0.15, 0.2) is 0 Å². The second-order valence-corrected chi connectivity index (χ2v) is 6.61. The minimum Gasteiger partial charge on any atom is -0.497 e. The van der Waals surface area contributed by atoms with Crippen molar-refractivity contribution in [3.05, 3.63) is 58.1 Å². The fraction of sp³-hybridized carbons (Fsp3) is 0.350. The molecule has 0 aliphatic carbocycles. The second-order valence-electron chi connectivity index (χ2n) is 6.61. The first kappa shape index (κ1) is 20.2. The number of hydrogen-bond donors (Lipinski definition) is 1.